The zero-order valence-electron chi connectivity index (χ0n) is 17.2. The Kier molecular flexibility index (Phi) is 7.88. The third kappa shape index (κ3) is 6.07. The Bertz CT molecular complexity index is 875. The zero-order chi connectivity index (χ0) is 21.5. The summed E-state index contributed by atoms with van der Waals surface area (Å²) >= 11 is 6.14. The van der Waals surface area contributed by atoms with Crippen LogP contribution in [-0.4, -0.2) is 23.6 Å². The van der Waals surface area contributed by atoms with Crippen molar-refractivity contribution < 1.29 is 19.4 Å². The number of halogens is 1. The van der Waals surface area contributed by atoms with Crippen LogP contribution in [-0.2, 0) is 11.3 Å². The number of hydrogen-bond acceptors (Lipinski definition) is 3. The van der Waals surface area contributed by atoms with E-state index < -0.39 is 5.97 Å². The minimum atomic E-state index is -0.977. The van der Waals surface area contributed by atoms with Gasteiger partial charge in [0.2, 0.25) is 0 Å². The summed E-state index contributed by atoms with van der Waals surface area (Å²) in [4.78, 5) is 23.9. The maximum absolute atomic E-state index is 12.9. The molecule has 6 heteroatoms. The molecule has 0 aliphatic heterocycles. The van der Waals surface area contributed by atoms with Gasteiger partial charge in [0, 0.05) is 17.2 Å². The van der Waals surface area contributed by atoms with Gasteiger partial charge in [-0.05, 0) is 61.1 Å². The summed E-state index contributed by atoms with van der Waals surface area (Å²) in [5, 5.41) is 12.5. The number of carboxylic acid groups (broad SMARTS) is 1. The lowest BCUT2D eigenvalue weighted by molar-refractivity contribution is 0.0696. The second kappa shape index (κ2) is 10.6. The molecule has 1 aliphatic rings. The van der Waals surface area contributed by atoms with Crippen LogP contribution >= 0.6 is 11.6 Å². The van der Waals surface area contributed by atoms with Crippen LogP contribution in [0.3, 0.4) is 0 Å². The van der Waals surface area contributed by atoms with Crippen molar-refractivity contribution in [2.45, 2.75) is 51.7 Å². The molecule has 1 fully saturated rings. The third-order valence-electron chi connectivity index (χ3n) is 5.66. The van der Waals surface area contributed by atoms with Crippen molar-refractivity contribution in [1.82, 2.24) is 5.32 Å². The topological polar surface area (TPSA) is 75.6 Å². The minimum absolute atomic E-state index is 0.213. The Labute approximate surface area is 182 Å². The van der Waals surface area contributed by atoms with E-state index in [1.807, 2.05) is 13.0 Å². The molecular weight excluding hydrogens is 402 g/mol. The highest BCUT2D eigenvalue weighted by Crippen LogP contribution is 2.25. The zero-order valence-corrected chi connectivity index (χ0v) is 18.0. The molecule has 0 radical (unpaired) electrons. The Balaban J connectivity index is 1.63. The highest BCUT2D eigenvalue weighted by atomic mass is 35.5. The van der Waals surface area contributed by atoms with E-state index in [0.29, 0.717) is 23.1 Å². The van der Waals surface area contributed by atoms with Crippen LogP contribution in [0.5, 0.6) is 0 Å². The molecule has 1 saturated carbocycles. The van der Waals surface area contributed by atoms with Crippen LogP contribution in [0.2, 0.25) is 5.02 Å². The third-order valence-corrected chi connectivity index (χ3v) is 5.89. The van der Waals surface area contributed by atoms with E-state index in [1.54, 1.807) is 24.3 Å². The van der Waals surface area contributed by atoms with Gasteiger partial charge in [-0.15, -0.1) is 0 Å². The highest BCUT2D eigenvalue weighted by Gasteiger charge is 2.18. The average Bonchev–Trinajstić information content (AvgIpc) is 2.75. The number of carboxylic acids is 1. The molecule has 3 rings (SSSR count). The molecule has 0 heterocycles. The second-order valence-electron chi connectivity index (χ2n) is 7.94. The molecule has 30 heavy (non-hydrogen) atoms. The molecule has 2 N–H and O–H groups in total. The maximum Gasteiger partial charge on any atom is 0.335 e. The molecule has 1 aliphatic carbocycles. The summed E-state index contributed by atoms with van der Waals surface area (Å²) < 4.78 is 5.94. The number of carbonyl (C=O) groups excluding carboxylic acids is 1. The number of carbonyl (C=O) groups is 2. The number of benzene rings is 2. The molecule has 2 aromatic carbocycles. The van der Waals surface area contributed by atoms with E-state index in [9.17, 15) is 9.59 Å². The predicted octanol–water partition coefficient (Wildman–Crippen LogP) is 5.63. The molecule has 0 spiro atoms. The van der Waals surface area contributed by atoms with Crippen molar-refractivity contribution in [1.29, 1.82) is 0 Å². The molecule has 1 amide bonds. The van der Waals surface area contributed by atoms with E-state index in [1.165, 1.54) is 44.2 Å². The quantitative estimate of drug-likeness (QED) is 0.570. The fourth-order valence-electron chi connectivity index (χ4n) is 3.85. The van der Waals surface area contributed by atoms with Crippen molar-refractivity contribution in [2.75, 3.05) is 6.61 Å². The lowest BCUT2D eigenvalue weighted by Gasteiger charge is -2.21. The van der Waals surface area contributed by atoms with Crippen molar-refractivity contribution in [2.24, 2.45) is 5.92 Å². The number of rotatable bonds is 8. The molecule has 1 atom stereocenters. The van der Waals surface area contributed by atoms with Gasteiger partial charge < -0.3 is 15.2 Å². The van der Waals surface area contributed by atoms with Gasteiger partial charge in [-0.2, -0.15) is 0 Å². The van der Waals surface area contributed by atoms with Crippen LogP contribution in [0.15, 0.2) is 42.5 Å². The first-order chi connectivity index (χ1) is 14.4. The lowest BCUT2D eigenvalue weighted by Crippen LogP contribution is -2.27. The average molecular weight is 430 g/mol. The van der Waals surface area contributed by atoms with Crippen molar-refractivity contribution in [3.63, 3.8) is 0 Å². The first-order valence-electron chi connectivity index (χ1n) is 10.4. The van der Waals surface area contributed by atoms with E-state index in [2.05, 4.69) is 5.32 Å². The highest BCUT2D eigenvalue weighted by molar-refractivity contribution is 6.31. The molecular formula is C24H28ClNO4. The van der Waals surface area contributed by atoms with Gasteiger partial charge in [-0.25, -0.2) is 4.79 Å². The Morgan fingerprint density at radius 1 is 1.13 bits per heavy atom. The number of ether oxygens (including phenoxy) is 1. The van der Waals surface area contributed by atoms with E-state index >= 15 is 0 Å². The molecule has 160 valence electrons. The standard InChI is InChI=1S/C24H28ClNO4/c1-16(18-7-9-19(10-8-18)24(28)29)26-23(27)22-13-21(25)12-11-20(22)15-30-14-17-5-3-2-4-6-17/h7-13,16-17H,2-6,14-15H2,1H3,(H,26,27)(H,28,29). The van der Waals surface area contributed by atoms with Gasteiger partial charge in [-0.3, -0.25) is 4.79 Å². The Morgan fingerprint density at radius 3 is 2.50 bits per heavy atom. The summed E-state index contributed by atoms with van der Waals surface area (Å²) in [5.41, 5.74) is 2.34. The van der Waals surface area contributed by atoms with Crippen LogP contribution in [0.25, 0.3) is 0 Å². The Morgan fingerprint density at radius 2 is 1.83 bits per heavy atom. The van der Waals surface area contributed by atoms with Crippen LogP contribution in [0.1, 0.15) is 76.9 Å². The molecule has 0 bridgehead atoms. The van der Waals surface area contributed by atoms with Gasteiger partial charge in [0.1, 0.15) is 0 Å². The summed E-state index contributed by atoms with van der Waals surface area (Å²) in [6, 6.07) is 11.5. The fourth-order valence-corrected chi connectivity index (χ4v) is 4.02. The number of hydrogen-bond donors (Lipinski definition) is 2. The second-order valence-corrected chi connectivity index (χ2v) is 8.38. The number of nitrogens with one attached hydrogen (secondary N) is 1. The molecule has 0 aromatic heterocycles. The monoisotopic (exact) mass is 429 g/mol. The van der Waals surface area contributed by atoms with Crippen molar-refractivity contribution >= 4 is 23.5 Å². The molecule has 5 nitrogen and oxygen atoms in total. The van der Waals surface area contributed by atoms with Gasteiger partial charge in [-0.1, -0.05) is 49.1 Å². The summed E-state index contributed by atoms with van der Waals surface area (Å²) in [6.45, 7) is 2.95. The van der Waals surface area contributed by atoms with Gasteiger partial charge >= 0.3 is 5.97 Å². The predicted molar refractivity (Wildman–Crippen MR) is 117 cm³/mol. The van der Waals surface area contributed by atoms with Crippen LogP contribution in [0, 0.1) is 5.92 Å². The number of aromatic carboxylic acids is 1. The van der Waals surface area contributed by atoms with Gasteiger partial charge in [0.25, 0.3) is 5.91 Å². The van der Waals surface area contributed by atoms with E-state index in [-0.39, 0.29) is 17.5 Å². The largest absolute Gasteiger partial charge is 0.478 e. The molecule has 0 saturated heterocycles. The first-order valence-corrected chi connectivity index (χ1v) is 10.8. The van der Waals surface area contributed by atoms with Crippen molar-refractivity contribution in [3.05, 3.63) is 69.7 Å². The minimum Gasteiger partial charge on any atom is -0.478 e. The summed E-state index contributed by atoms with van der Waals surface area (Å²) in [5.74, 6) is -0.601. The van der Waals surface area contributed by atoms with Crippen molar-refractivity contribution in [3.8, 4) is 0 Å². The summed E-state index contributed by atoms with van der Waals surface area (Å²) in [7, 11) is 0. The molecule has 1 unspecified atom stereocenters. The Hall–Kier alpha value is -2.37. The maximum atomic E-state index is 12.9. The first kappa shape index (κ1) is 22.3. The van der Waals surface area contributed by atoms with Crippen LogP contribution < -0.4 is 5.32 Å². The SMILES string of the molecule is CC(NC(=O)c1cc(Cl)ccc1COCC1CCCCC1)c1ccc(C(=O)O)cc1. The van der Waals surface area contributed by atoms with Crippen LogP contribution in [0.4, 0.5) is 0 Å². The van der Waals surface area contributed by atoms with E-state index in [4.69, 9.17) is 21.4 Å². The fraction of sp³-hybridized carbons (Fsp3) is 0.417. The lowest BCUT2D eigenvalue weighted by atomic mass is 9.90. The summed E-state index contributed by atoms with van der Waals surface area (Å²) in [6.07, 6.45) is 6.29. The van der Waals surface area contributed by atoms with Gasteiger partial charge in [0.05, 0.1) is 18.2 Å². The smallest absolute Gasteiger partial charge is 0.335 e. The normalized spacial score (nSPS) is 15.5. The van der Waals surface area contributed by atoms with Gasteiger partial charge in [0.15, 0.2) is 0 Å². The van der Waals surface area contributed by atoms with E-state index in [0.717, 1.165) is 17.7 Å². The molecule has 2 aromatic rings. The number of amides is 1.